The first-order valence-electron chi connectivity index (χ1n) is 12.0. The molecule has 8 heteroatoms. The van der Waals surface area contributed by atoms with E-state index < -0.39 is 16.4 Å². The third-order valence-electron chi connectivity index (χ3n) is 6.68. The minimum atomic E-state index is -0.672. The molecular formula is C28H31N3O4S. The highest BCUT2D eigenvalue weighted by Crippen LogP contribution is 2.38. The first kappa shape index (κ1) is 25.6. The summed E-state index contributed by atoms with van der Waals surface area (Å²) in [6, 6.07) is 14.5. The number of hydrogen-bond acceptors (Lipinski definition) is 5. The Morgan fingerprint density at radius 1 is 1.11 bits per heavy atom. The van der Waals surface area contributed by atoms with Crippen LogP contribution in [-0.4, -0.2) is 45.2 Å². The number of thiophene rings is 1. The second-order valence-electron chi connectivity index (χ2n) is 10.3. The molecule has 0 saturated carbocycles. The number of carbonyl (C=O) groups is 2. The van der Waals surface area contributed by atoms with Crippen LogP contribution < -0.4 is 0 Å². The molecule has 3 aromatic rings. The first-order valence-corrected chi connectivity index (χ1v) is 12.8. The summed E-state index contributed by atoms with van der Waals surface area (Å²) in [6.45, 7) is 9.71. The summed E-state index contributed by atoms with van der Waals surface area (Å²) < 4.78 is 0. The summed E-state index contributed by atoms with van der Waals surface area (Å²) in [5, 5.41) is 13.5. The van der Waals surface area contributed by atoms with Crippen LogP contribution in [-0.2, 0) is 11.2 Å². The summed E-state index contributed by atoms with van der Waals surface area (Å²) in [7, 11) is 0. The Morgan fingerprint density at radius 3 is 2.44 bits per heavy atom. The second-order valence-corrected chi connectivity index (χ2v) is 11.3. The fourth-order valence-corrected chi connectivity index (χ4v) is 5.53. The number of hydrogen-bond donors (Lipinski definition) is 0. The van der Waals surface area contributed by atoms with E-state index in [0.717, 1.165) is 23.1 Å². The van der Waals surface area contributed by atoms with Gasteiger partial charge in [0, 0.05) is 34.2 Å². The van der Waals surface area contributed by atoms with Gasteiger partial charge in [0.2, 0.25) is 5.91 Å². The number of nitro benzene ring substituents is 1. The van der Waals surface area contributed by atoms with Gasteiger partial charge in [-0.05, 0) is 69.7 Å². The van der Waals surface area contributed by atoms with Crippen LogP contribution in [0.4, 0.5) is 5.69 Å². The second kappa shape index (κ2) is 9.85. The maximum Gasteiger partial charge on any atom is 0.273 e. The Bertz CT molecular complexity index is 1310. The van der Waals surface area contributed by atoms with Gasteiger partial charge in [0.1, 0.15) is 6.54 Å². The van der Waals surface area contributed by atoms with Gasteiger partial charge in [-0.25, -0.2) is 0 Å². The van der Waals surface area contributed by atoms with Crippen LogP contribution in [0.3, 0.4) is 0 Å². The first-order chi connectivity index (χ1) is 17.0. The maximum atomic E-state index is 13.8. The fourth-order valence-electron chi connectivity index (χ4n) is 4.63. The molecule has 1 aromatic heterocycles. The Balaban J connectivity index is 1.66. The SMILES string of the molecule is Cc1ccc(C2c3ccsc3CCN2C(=O)CN(C(=O)c2ccc(C)c([N+](=O)[O-])c2)C(C)(C)C)cc1. The lowest BCUT2D eigenvalue weighted by molar-refractivity contribution is -0.385. The highest BCUT2D eigenvalue weighted by Gasteiger charge is 2.36. The number of carbonyl (C=O) groups excluding carboxylic acids is 2. The zero-order chi connectivity index (χ0) is 26.2. The zero-order valence-electron chi connectivity index (χ0n) is 21.3. The number of fused-ring (bicyclic) bond motifs is 1. The van der Waals surface area contributed by atoms with Gasteiger partial charge in [-0.15, -0.1) is 11.3 Å². The molecule has 0 N–H and O–H groups in total. The third-order valence-corrected chi connectivity index (χ3v) is 7.68. The van der Waals surface area contributed by atoms with Gasteiger partial charge >= 0.3 is 0 Å². The molecule has 2 heterocycles. The van der Waals surface area contributed by atoms with Gasteiger partial charge in [0.25, 0.3) is 11.6 Å². The standard InChI is InChI=1S/C28H31N3O4S/c1-18-6-9-20(10-7-18)26-22-13-15-36-24(22)12-14-29(26)25(32)17-30(28(3,4)5)27(33)21-11-8-19(2)23(16-21)31(34)35/h6-11,13,15-16,26H,12,14,17H2,1-5H3. The van der Waals surface area contributed by atoms with Gasteiger partial charge in [0.05, 0.1) is 11.0 Å². The van der Waals surface area contributed by atoms with Crippen LogP contribution >= 0.6 is 11.3 Å². The maximum absolute atomic E-state index is 13.8. The lowest BCUT2D eigenvalue weighted by atomic mass is 9.92. The number of benzene rings is 2. The highest BCUT2D eigenvalue weighted by atomic mass is 32.1. The summed E-state index contributed by atoms with van der Waals surface area (Å²) in [5.41, 5.74) is 3.22. The molecule has 7 nitrogen and oxygen atoms in total. The van der Waals surface area contributed by atoms with Gasteiger partial charge < -0.3 is 9.80 Å². The summed E-state index contributed by atoms with van der Waals surface area (Å²) >= 11 is 1.71. The molecule has 36 heavy (non-hydrogen) atoms. The topological polar surface area (TPSA) is 83.8 Å². The molecule has 0 bridgehead atoms. The number of rotatable bonds is 5. The van der Waals surface area contributed by atoms with Crippen molar-refractivity contribution in [3.8, 4) is 0 Å². The average molecular weight is 506 g/mol. The molecule has 1 aliphatic rings. The number of nitrogens with zero attached hydrogens (tertiary/aromatic N) is 3. The molecule has 0 saturated heterocycles. The van der Waals surface area contributed by atoms with Crippen LogP contribution in [0.1, 0.15) is 64.3 Å². The molecule has 1 unspecified atom stereocenters. The van der Waals surface area contributed by atoms with Crippen molar-refractivity contribution in [1.29, 1.82) is 0 Å². The van der Waals surface area contributed by atoms with Crippen molar-refractivity contribution in [2.45, 2.75) is 52.6 Å². The Hall–Kier alpha value is -3.52. The molecule has 2 amide bonds. The lowest BCUT2D eigenvalue weighted by Gasteiger charge is -2.40. The molecule has 0 spiro atoms. The molecule has 0 radical (unpaired) electrons. The summed E-state index contributed by atoms with van der Waals surface area (Å²) in [4.78, 5) is 43.0. The number of nitro groups is 1. The van der Waals surface area contributed by atoms with E-state index in [2.05, 4.69) is 23.6 Å². The van der Waals surface area contributed by atoms with Crippen molar-refractivity contribution in [1.82, 2.24) is 9.80 Å². The zero-order valence-corrected chi connectivity index (χ0v) is 22.1. The summed E-state index contributed by atoms with van der Waals surface area (Å²) in [5.74, 6) is -0.554. The average Bonchev–Trinajstić information content (AvgIpc) is 3.30. The van der Waals surface area contributed by atoms with Gasteiger partial charge in [-0.1, -0.05) is 35.9 Å². The van der Waals surface area contributed by atoms with Crippen molar-refractivity contribution in [3.63, 3.8) is 0 Å². The molecule has 2 aromatic carbocycles. The number of aryl methyl sites for hydroxylation is 2. The Morgan fingerprint density at radius 2 is 1.81 bits per heavy atom. The molecule has 1 aliphatic heterocycles. The summed E-state index contributed by atoms with van der Waals surface area (Å²) in [6.07, 6.45) is 0.773. The van der Waals surface area contributed by atoms with Crippen LogP contribution in [0.5, 0.6) is 0 Å². The largest absolute Gasteiger partial charge is 0.330 e. The Kier molecular flexibility index (Phi) is 7.00. The van der Waals surface area contributed by atoms with E-state index in [4.69, 9.17) is 0 Å². The molecule has 188 valence electrons. The quantitative estimate of drug-likeness (QED) is 0.329. The molecule has 0 fully saturated rings. The molecule has 0 aliphatic carbocycles. The van der Waals surface area contributed by atoms with E-state index in [1.54, 1.807) is 30.4 Å². The van der Waals surface area contributed by atoms with E-state index >= 15 is 0 Å². The van der Waals surface area contributed by atoms with Crippen LogP contribution in [0.2, 0.25) is 0 Å². The van der Waals surface area contributed by atoms with E-state index in [0.29, 0.717) is 12.1 Å². The van der Waals surface area contributed by atoms with E-state index in [1.165, 1.54) is 15.8 Å². The van der Waals surface area contributed by atoms with Crippen molar-refractivity contribution in [3.05, 3.63) is 96.7 Å². The van der Waals surface area contributed by atoms with E-state index in [9.17, 15) is 19.7 Å². The van der Waals surface area contributed by atoms with Crippen molar-refractivity contribution in [2.75, 3.05) is 13.1 Å². The van der Waals surface area contributed by atoms with E-state index in [-0.39, 0.29) is 29.7 Å². The third kappa shape index (κ3) is 5.04. The van der Waals surface area contributed by atoms with Crippen LogP contribution in [0, 0.1) is 24.0 Å². The molecule has 1 atom stereocenters. The Labute approximate surface area is 215 Å². The van der Waals surface area contributed by atoms with Gasteiger partial charge in [0.15, 0.2) is 0 Å². The molecular weight excluding hydrogens is 474 g/mol. The minimum absolute atomic E-state index is 0.110. The van der Waals surface area contributed by atoms with E-state index in [1.807, 2.05) is 44.7 Å². The predicted molar refractivity (Wildman–Crippen MR) is 141 cm³/mol. The monoisotopic (exact) mass is 505 g/mol. The number of amides is 2. The normalized spacial score (nSPS) is 15.4. The van der Waals surface area contributed by atoms with Crippen molar-refractivity contribution in [2.24, 2.45) is 0 Å². The van der Waals surface area contributed by atoms with Gasteiger partial charge in [-0.3, -0.25) is 19.7 Å². The minimum Gasteiger partial charge on any atom is -0.330 e. The lowest BCUT2D eigenvalue weighted by Crippen LogP contribution is -2.52. The van der Waals surface area contributed by atoms with Crippen molar-refractivity contribution >= 4 is 28.8 Å². The smallest absolute Gasteiger partial charge is 0.273 e. The van der Waals surface area contributed by atoms with Crippen molar-refractivity contribution < 1.29 is 14.5 Å². The van der Waals surface area contributed by atoms with Crippen LogP contribution in [0.25, 0.3) is 0 Å². The molecule has 4 rings (SSSR count). The van der Waals surface area contributed by atoms with Gasteiger partial charge in [-0.2, -0.15) is 0 Å². The fraction of sp³-hybridized carbons (Fsp3) is 0.357. The predicted octanol–water partition coefficient (Wildman–Crippen LogP) is 5.69. The highest BCUT2D eigenvalue weighted by molar-refractivity contribution is 7.10. The van der Waals surface area contributed by atoms with Crippen LogP contribution in [0.15, 0.2) is 53.9 Å².